The number of anilines is 1. The molecule has 0 saturated heterocycles. The highest BCUT2D eigenvalue weighted by Crippen LogP contribution is 2.22. The van der Waals surface area contributed by atoms with Crippen LogP contribution in [0.2, 0.25) is 0 Å². The number of carbonyl (C=O) groups excluding carboxylic acids is 2. The van der Waals surface area contributed by atoms with Gasteiger partial charge in [0.15, 0.2) is 0 Å². The molecule has 1 aromatic rings. The maximum Gasteiger partial charge on any atom is 0.238 e. The van der Waals surface area contributed by atoms with Gasteiger partial charge >= 0.3 is 0 Å². The monoisotopic (exact) mass is 359 g/mol. The van der Waals surface area contributed by atoms with Gasteiger partial charge in [0.05, 0.1) is 13.1 Å². The van der Waals surface area contributed by atoms with Crippen molar-refractivity contribution in [1.82, 2.24) is 9.80 Å². The largest absolute Gasteiger partial charge is 0.339 e. The summed E-state index contributed by atoms with van der Waals surface area (Å²) in [6, 6.07) is 6.25. The lowest BCUT2D eigenvalue weighted by Gasteiger charge is -2.34. The van der Waals surface area contributed by atoms with Gasteiger partial charge in [-0.15, -0.1) is 0 Å². The molecule has 0 heterocycles. The Balaban J connectivity index is 1.86. The van der Waals surface area contributed by atoms with Gasteiger partial charge in [0.1, 0.15) is 0 Å². The maximum atomic E-state index is 12.7. The summed E-state index contributed by atoms with van der Waals surface area (Å²) in [7, 11) is 1.83. The Bertz CT molecular complexity index is 624. The van der Waals surface area contributed by atoms with Crippen LogP contribution in [0.4, 0.5) is 5.69 Å². The predicted molar refractivity (Wildman–Crippen MR) is 106 cm³/mol. The predicted octanol–water partition coefficient (Wildman–Crippen LogP) is 3.35. The molecule has 0 spiro atoms. The highest BCUT2D eigenvalue weighted by Gasteiger charge is 2.25. The summed E-state index contributed by atoms with van der Waals surface area (Å²) in [4.78, 5) is 28.8. The molecule has 1 aromatic carbocycles. The van der Waals surface area contributed by atoms with Crippen molar-refractivity contribution in [2.24, 2.45) is 0 Å². The van der Waals surface area contributed by atoms with E-state index in [0.29, 0.717) is 6.04 Å². The molecule has 0 aromatic heterocycles. The van der Waals surface area contributed by atoms with Gasteiger partial charge in [-0.05, 0) is 57.9 Å². The van der Waals surface area contributed by atoms with E-state index in [1.54, 1.807) is 4.90 Å². The molecular formula is C21H33N3O2. The molecular weight excluding hydrogens is 326 g/mol. The molecule has 1 N–H and O–H groups in total. The summed E-state index contributed by atoms with van der Waals surface area (Å²) in [6.45, 7) is 7.31. The number of hydrogen-bond acceptors (Lipinski definition) is 3. The molecule has 0 atom stereocenters. The molecule has 144 valence electrons. The summed E-state index contributed by atoms with van der Waals surface area (Å²) in [5.41, 5.74) is 3.07. The van der Waals surface area contributed by atoms with Crippen molar-refractivity contribution in [2.45, 2.75) is 58.9 Å². The van der Waals surface area contributed by atoms with Crippen molar-refractivity contribution in [1.29, 1.82) is 0 Å². The van der Waals surface area contributed by atoms with Crippen molar-refractivity contribution >= 4 is 17.5 Å². The lowest BCUT2D eigenvalue weighted by molar-refractivity contribution is -0.135. The van der Waals surface area contributed by atoms with Gasteiger partial charge in [-0.2, -0.15) is 0 Å². The minimum atomic E-state index is -0.0882. The molecule has 5 nitrogen and oxygen atoms in total. The summed E-state index contributed by atoms with van der Waals surface area (Å²) < 4.78 is 0. The van der Waals surface area contributed by atoms with E-state index in [1.165, 1.54) is 19.3 Å². The Hall–Kier alpha value is -1.88. The van der Waals surface area contributed by atoms with Gasteiger partial charge < -0.3 is 10.2 Å². The van der Waals surface area contributed by atoms with Crippen LogP contribution >= 0.6 is 0 Å². The van der Waals surface area contributed by atoms with Crippen LogP contribution in [-0.4, -0.2) is 54.3 Å². The summed E-state index contributed by atoms with van der Waals surface area (Å²) in [5, 5.41) is 2.96. The van der Waals surface area contributed by atoms with Gasteiger partial charge in [-0.25, -0.2) is 0 Å². The number of amides is 2. The molecule has 5 heteroatoms. The first kappa shape index (κ1) is 20.4. The lowest BCUT2D eigenvalue weighted by atomic mass is 9.94. The SMILES string of the molecule is CCN(C(=O)CN(C)CC(=O)Nc1cccc(C)c1C)C1CCCCC1. The van der Waals surface area contributed by atoms with Crippen molar-refractivity contribution in [2.75, 3.05) is 32.0 Å². The summed E-state index contributed by atoms with van der Waals surface area (Å²) >= 11 is 0. The third kappa shape index (κ3) is 5.56. The topological polar surface area (TPSA) is 52.7 Å². The number of likely N-dealkylation sites (N-methyl/N-ethyl adjacent to an activating group) is 2. The number of hydrogen-bond donors (Lipinski definition) is 1. The van der Waals surface area contributed by atoms with Crippen LogP contribution in [0, 0.1) is 13.8 Å². The highest BCUT2D eigenvalue weighted by atomic mass is 16.2. The molecule has 1 aliphatic carbocycles. The third-order valence-electron chi connectivity index (χ3n) is 5.37. The fourth-order valence-electron chi connectivity index (χ4n) is 3.73. The van der Waals surface area contributed by atoms with E-state index >= 15 is 0 Å². The van der Waals surface area contributed by atoms with Crippen molar-refractivity contribution < 1.29 is 9.59 Å². The first-order valence-electron chi connectivity index (χ1n) is 9.76. The van der Waals surface area contributed by atoms with Gasteiger partial charge in [0, 0.05) is 18.3 Å². The molecule has 0 bridgehead atoms. The molecule has 1 fully saturated rings. The number of benzene rings is 1. The van der Waals surface area contributed by atoms with Crippen LogP contribution in [0.3, 0.4) is 0 Å². The quantitative estimate of drug-likeness (QED) is 0.812. The Morgan fingerprint density at radius 1 is 1.12 bits per heavy atom. The average Bonchev–Trinajstić information content (AvgIpc) is 2.60. The second-order valence-corrected chi connectivity index (χ2v) is 7.44. The summed E-state index contributed by atoms with van der Waals surface area (Å²) in [6.07, 6.45) is 5.92. The lowest BCUT2D eigenvalue weighted by Crippen LogP contribution is -2.46. The van der Waals surface area contributed by atoms with E-state index in [9.17, 15) is 9.59 Å². The Morgan fingerprint density at radius 3 is 2.46 bits per heavy atom. The molecule has 2 amide bonds. The zero-order valence-corrected chi connectivity index (χ0v) is 16.7. The number of nitrogens with one attached hydrogen (secondary N) is 1. The van der Waals surface area contributed by atoms with Crippen LogP contribution in [0.15, 0.2) is 18.2 Å². The van der Waals surface area contributed by atoms with Crippen LogP contribution in [0.1, 0.15) is 50.2 Å². The van der Waals surface area contributed by atoms with Gasteiger partial charge in [0.25, 0.3) is 0 Å². The van der Waals surface area contributed by atoms with E-state index in [0.717, 1.165) is 36.2 Å². The number of nitrogens with zero attached hydrogens (tertiary/aromatic N) is 2. The van der Waals surface area contributed by atoms with Crippen molar-refractivity contribution in [3.05, 3.63) is 29.3 Å². The first-order chi connectivity index (χ1) is 12.4. The number of carbonyl (C=O) groups is 2. The molecule has 1 aliphatic rings. The van der Waals surface area contributed by atoms with E-state index < -0.39 is 0 Å². The van der Waals surface area contributed by atoms with Gasteiger partial charge in [-0.1, -0.05) is 31.4 Å². The van der Waals surface area contributed by atoms with Crippen molar-refractivity contribution in [3.8, 4) is 0 Å². The minimum absolute atomic E-state index is 0.0882. The van der Waals surface area contributed by atoms with E-state index in [1.807, 2.05) is 50.9 Å². The maximum absolute atomic E-state index is 12.7. The van der Waals surface area contributed by atoms with Crippen LogP contribution in [0.5, 0.6) is 0 Å². The Labute approximate surface area is 157 Å². The average molecular weight is 360 g/mol. The number of rotatable bonds is 7. The van der Waals surface area contributed by atoms with Gasteiger partial charge in [0.2, 0.25) is 11.8 Å². The van der Waals surface area contributed by atoms with Crippen LogP contribution < -0.4 is 5.32 Å². The van der Waals surface area contributed by atoms with E-state index in [4.69, 9.17) is 0 Å². The molecule has 2 rings (SSSR count). The Morgan fingerprint density at radius 2 is 1.81 bits per heavy atom. The zero-order chi connectivity index (χ0) is 19.1. The fraction of sp³-hybridized carbons (Fsp3) is 0.619. The fourth-order valence-corrected chi connectivity index (χ4v) is 3.73. The molecule has 0 unspecified atom stereocenters. The third-order valence-corrected chi connectivity index (χ3v) is 5.37. The second-order valence-electron chi connectivity index (χ2n) is 7.44. The molecule has 0 radical (unpaired) electrons. The molecule has 1 saturated carbocycles. The normalized spacial score (nSPS) is 15.1. The minimum Gasteiger partial charge on any atom is -0.339 e. The van der Waals surface area contributed by atoms with Crippen molar-refractivity contribution in [3.63, 3.8) is 0 Å². The molecule has 0 aliphatic heterocycles. The standard InChI is InChI=1S/C21H33N3O2/c1-5-24(18-11-7-6-8-12-18)21(26)15-23(4)14-20(25)22-19-13-9-10-16(2)17(19)3/h9-10,13,18H,5-8,11-12,14-15H2,1-4H3,(H,22,25). The highest BCUT2D eigenvalue weighted by molar-refractivity contribution is 5.93. The van der Waals surface area contributed by atoms with E-state index in [2.05, 4.69) is 5.32 Å². The number of aryl methyl sites for hydroxylation is 1. The van der Waals surface area contributed by atoms with Gasteiger partial charge in [-0.3, -0.25) is 14.5 Å². The van der Waals surface area contributed by atoms with Crippen LogP contribution in [0.25, 0.3) is 0 Å². The Kier molecular flexibility index (Phi) is 7.64. The molecule has 26 heavy (non-hydrogen) atoms. The summed E-state index contributed by atoms with van der Waals surface area (Å²) in [5.74, 6) is 0.0381. The second kappa shape index (κ2) is 9.72. The van der Waals surface area contributed by atoms with E-state index in [-0.39, 0.29) is 24.9 Å². The first-order valence-corrected chi connectivity index (χ1v) is 9.76. The zero-order valence-electron chi connectivity index (χ0n) is 16.7. The van der Waals surface area contributed by atoms with Crippen LogP contribution in [-0.2, 0) is 9.59 Å². The smallest absolute Gasteiger partial charge is 0.238 e.